The van der Waals surface area contributed by atoms with Crippen LogP contribution in [0.15, 0.2) is 78.0 Å². The summed E-state index contributed by atoms with van der Waals surface area (Å²) in [5.41, 5.74) is 2.53. The summed E-state index contributed by atoms with van der Waals surface area (Å²) < 4.78 is 26.8. The van der Waals surface area contributed by atoms with Crippen molar-refractivity contribution in [2.24, 2.45) is 0 Å². The van der Waals surface area contributed by atoms with Gasteiger partial charge in [0.2, 0.25) is 5.16 Å². The third kappa shape index (κ3) is 7.42. The summed E-state index contributed by atoms with van der Waals surface area (Å²) in [5, 5.41) is 16.2. The van der Waals surface area contributed by atoms with E-state index in [9.17, 15) is 4.39 Å². The number of benzene rings is 3. The molecule has 1 aromatic heterocycles. The molecule has 1 heterocycles. The molecule has 0 aliphatic heterocycles. The van der Waals surface area contributed by atoms with Gasteiger partial charge in [0.05, 0.1) is 12.8 Å². The number of methoxy groups -OCH3 is 1. The molecule has 0 bridgehead atoms. The smallest absolute Gasteiger partial charge is 0.214 e. The lowest BCUT2D eigenvalue weighted by molar-refractivity contribution is 0.279. The first-order chi connectivity index (χ1) is 16.7. The predicted octanol–water partition coefficient (Wildman–Crippen LogP) is 5.08. The number of para-hydroxylation sites is 1. The number of thioether (sulfide) groups is 1. The van der Waals surface area contributed by atoms with Gasteiger partial charge in [-0.2, -0.15) is 4.68 Å². The zero-order valence-electron chi connectivity index (χ0n) is 19.3. The van der Waals surface area contributed by atoms with Gasteiger partial charge in [-0.1, -0.05) is 54.2 Å². The number of halogens is 2. The Balaban J connectivity index is 0.00000342. The Morgan fingerprint density at radius 1 is 1.00 bits per heavy atom. The van der Waals surface area contributed by atoms with Crippen LogP contribution >= 0.6 is 24.2 Å². The fraction of sp³-hybridized carbons (Fsp3) is 0.240. The monoisotopic (exact) mass is 515 g/mol. The number of tetrazole rings is 1. The van der Waals surface area contributed by atoms with Gasteiger partial charge in [-0.25, -0.2) is 4.39 Å². The highest BCUT2D eigenvalue weighted by molar-refractivity contribution is 7.99. The lowest BCUT2D eigenvalue weighted by Gasteiger charge is -2.13. The van der Waals surface area contributed by atoms with Crippen molar-refractivity contribution in [1.29, 1.82) is 0 Å². The van der Waals surface area contributed by atoms with Crippen molar-refractivity contribution in [3.05, 3.63) is 89.7 Å². The summed E-state index contributed by atoms with van der Waals surface area (Å²) in [6, 6.07) is 22.2. The molecule has 0 saturated heterocycles. The van der Waals surface area contributed by atoms with Crippen LogP contribution in [0.3, 0.4) is 0 Å². The van der Waals surface area contributed by atoms with Crippen molar-refractivity contribution in [2.75, 3.05) is 19.4 Å². The van der Waals surface area contributed by atoms with Crippen molar-refractivity contribution in [2.45, 2.75) is 24.7 Å². The van der Waals surface area contributed by atoms with E-state index in [-0.39, 0.29) is 24.8 Å². The van der Waals surface area contributed by atoms with Crippen LogP contribution in [0.1, 0.15) is 17.5 Å². The van der Waals surface area contributed by atoms with E-state index in [2.05, 4.69) is 20.8 Å². The van der Waals surface area contributed by atoms with Gasteiger partial charge >= 0.3 is 0 Å². The molecule has 0 saturated carbocycles. The molecule has 0 aliphatic carbocycles. The summed E-state index contributed by atoms with van der Waals surface area (Å²) >= 11 is 1.63. The maximum absolute atomic E-state index is 13.8. The van der Waals surface area contributed by atoms with E-state index in [1.54, 1.807) is 41.8 Å². The Labute approximate surface area is 214 Å². The number of hydrogen-bond donors (Lipinski definition) is 1. The lowest BCUT2D eigenvalue weighted by Crippen LogP contribution is -2.15. The fourth-order valence-corrected chi connectivity index (χ4v) is 4.14. The van der Waals surface area contributed by atoms with Gasteiger partial charge in [0, 0.05) is 17.9 Å². The van der Waals surface area contributed by atoms with E-state index >= 15 is 0 Å². The maximum atomic E-state index is 13.8. The fourth-order valence-electron chi connectivity index (χ4n) is 3.31. The van der Waals surface area contributed by atoms with Crippen molar-refractivity contribution >= 4 is 24.2 Å². The second kappa shape index (κ2) is 13.7. The molecule has 0 aliphatic rings. The maximum Gasteiger partial charge on any atom is 0.214 e. The van der Waals surface area contributed by atoms with E-state index < -0.39 is 0 Å². The Morgan fingerprint density at radius 2 is 1.80 bits per heavy atom. The molecule has 7 nitrogen and oxygen atoms in total. The van der Waals surface area contributed by atoms with Crippen LogP contribution in [0.4, 0.5) is 4.39 Å². The summed E-state index contributed by atoms with van der Waals surface area (Å²) in [7, 11) is 1.60. The van der Waals surface area contributed by atoms with E-state index in [0.717, 1.165) is 35.1 Å². The molecule has 0 amide bonds. The molecule has 3 aromatic carbocycles. The molecule has 35 heavy (non-hydrogen) atoms. The first kappa shape index (κ1) is 26.5. The predicted molar refractivity (Wildman–Crippen MR) is 137 cm³/mol. The third-order valence-corrected chi connectivity index (χ3v) is 6.07. The number of nitrogens with one attached hydrogen (secondary N) is 1. The SMILES string of the molecule is COc1cc(CNCCCSc2nnnn2-c2ccccc2)ccc1OCc1ccccc1F.Cl. The van der Waals surface area contributed by atoms with E-state index in [1.807, 2.05) is 48.5 Å². The van der Waals surface area contributed by atoms with Gasteiger partial charge < -0.3 is 14.8 Å². The van der Waals surface area contributed by atoms with Gasteiger partial charge in [0.25, 0.3) is 0 Å². The van der Waals surface area contributed by atoms with Crippen LogP contribution in [0.5, 0.6) is 11.5 Å². The quantitative estimate of drug-likeness (QED) is 0.208. The van der Waals surface area contributed by atoms with E-state index in [1.165, 1.54) is 6.07 Å². The van der Waals surface area contributed by atoms with Crippen molar-refractivity contribution in [3.63, 3.8) is 0 Å². The van der Waals surface area contributed by atoms with Crippen LogP contribution in [0.25, 0.3) is 5.69 Å². The highest BCUT2D eigenvalue weighted by atomic mass is 35.5. The van der Waals surface area contributed by atoms with Crippen molar-refractivity contribution < 1.29 is 13.9 Å². The molecule has 10 heteroatoms. The Bertz CT molecular complexity index is 1200. The summed E-state index contributed by atoms with van der Waals surface area (Å²) in [6.45, 7) is 1.70. The number of rotatable bonds is 12. The first-order valence-corrected chi connectivity index (χ1v) is 11.9. The van der Waals surface area contributed by atoms with E-state index in [4.69, 9.17) is 9.47 Å². The molecular formula is C25H27ClFN5O2S. The summed E-state index contributed by atoms with van der Waals surface area (Å²) in [5.74, 6) is 1.82. The van der Waals surface area contributed by atoms with E-state index in [0.29, 0.717) is 23.6 Å². The topological polar surface area (TPSA) is 74.1 Å². The highest BCUT2D eigenvalue weighted by Crippen LogP contribution is 2.29. The minimum Gasteiger partial charge on any atom is -0.493 e. The molecule has 0 unspecified atom stereocenters. The zero-order chi connectivity index (χ0) is 23.6. The van der Waals surface area contributed by atoms with Gasteiger partial charge in [-0.15, -0.1) is 17.5 Å². The Morgan fingerprint density at radius 3 is 2.60 bits per heavy atom. The molecule has 0 fully saturated rings. The average molecular weight is 516 g/mol. The molecule has 1 N–H and O–H groups in total. The van der Waals surface area contributed by atoms with Crippen LogP contribution in [-0.4, -0.2) is 39.6 Å². The van der Waals surface area contributed by atoms with Gasteiger partial charge in [-0.05, 0) is 59.3 Å². The summed E-state index contributed by atoms with van der Waals surface area (Å²) in [6.07, 6.45) is 0.966. The molecule has 4 rings (SSSR count). The number of hydrogen-bond acceptors (Lipinski definition) is 7. The van der Waals surface area contributed by atoms with Gasteiger partial charge in [0.15, 0.2) is 11.5 Å². The molecular weight excluding hydrogens is 489 g/mol. The van der Waals surface area contributed by atoms with Gasteiger partial charge in [0.1, 0.15) is 12.4 Å². The molecule has 0 atom stereocenters. The largest absolute Gasteiger partial charge is 0.493 e. The third-order valence-electron chi connectivity index (χ3n) is 5.07. The number of aromatic nitrogens is 4. The van der Waals surface area contributed by atoms with Crippen molar-refractivity contribution in [1.82, 2.24) is 25.5 Å². The van der Waals surface area contributed by atoms with Crippen LogP contribution in [-0.2, 0) is 13.2 Å². The molecule has 0 spiro atoms. The Kier molecular flexibility index (Phi) is 10.3. The van der Waals surface area contributed by atoms with Crippen LogP contribution in [0, 0.1) is 5.82 Å². The van der Waals surface area contributed by atoms with Crippen LogP contribution < -0.4 is 14.8 Å². The number of nitrogens with zero attached hydrogens (tertiary/aromatic N) is 4. The second-order valence-corrected chi connectivity index (χ2v) is 8.51. The highest BCUT2D eigenvalue weighted by Gasteiger charge is 2.09. The second-order valence-electron chi connectivity index (χ2n) is 7.45. The van der Waals surface area contributed by atoms with Crippen molar-refractivity contribution in [3.8, 4) is 17.2 Å². The molecule has 4 aromatic rings. The standard InChI is InChI=1S/C25H26FN5O2S.ClH/c1-32-24-16-19(12-13-23(24)33-18-20-8-5-6-11-22(20)26)17-27-14-7-15-34-25-28-29-30-31(25)21-9-3-2-4-10-21;/h2-6,8-13,16,27H,7,14-15,17-18H2,1H3;1H. The number of ether oxygens (including phenoxy) is 2. The average Bonchev–Trinajstić information content (AvgIpc) is 3.35. The Hall–Kier alpha value is -3.14. The lowest BCUT2D eigenvalue weighted by atomic mass is 10.2. The molecule has 184 valence electrons. The zero-order valence-corrected chi connectivity index (χ0v) is 20.9. The van der Waals surface area contributed by atoms with Gasteiger partial charge in [-0.3, -0.25) is 0 Å². The normalized spacial score (nSPS) is 10.6. The molecule has 0 radical (unpaired) electrons. The summed E-state index contributed by atoms with van der Waals surface area (Å²) in [4.78, 5) is 0. The first-order valence-electron chi connectivity index (χ1n) is 10.9. The minimum atomic E-state index is -0.281. The minimum absolute atomic E-state index is 0. The van der Waals surface area contributed by atoms with Crippen LogP contribution in [0.2, 0.25) is 0 Å².